The molecule has 0 bridgehead atoms. The molecule has 3 fully saturated rings. The number of likely N-dealkylation sites (tertiary alicyclic amines) is 1. The molecule has 250 valence electrons. The molecule has 3 heterocycles. The molecule has 2 amide bonds. The highest BCUT2D eigenvalue weighted by Gasteiger charge is 2.41. The Hall–Kier alpha value is -4.29. The lowest BCUT2D eigenvalue weighted by Crippen LogP contribution is -2.48. The van der Waals surface area contributed by atoms with Crippen LogP contribution in [0.5, 0.6) is 11.5 Å². The number of nitrogens with one attached hydrogen (secondary N) is 2. The Labute approximate surface area is 280 Å². The summed E-state index contributed by atoms with van der Waals surface area (Å²) in [4.78, 5) is 15.4. The maximum atomic E-state index is 12.9. The van der Waals surface area contributed by atoms with Crippen molar-refractivity contribution in [2.24, 2.45) is 0 Å². The van der Waals surface area contributed by atoms with E-state index in [0.717, 1.165) is 54.9 Å². The minimum Gasteiger partial charge on any atom is -0.457 e. The maximum Gasteiger partial charge on any atom is 0.323 e. The first kappa shape index (κ1) is 32.3. The molecule has 1 spiro atoms. The highest BCUT2D eigenvalue weighted by Crippen LogP contribution is 2.39. The van der Waals surface area contributed by atoms with Crippen LogP contribution >= 0.6 is 0 Å². The number of nitrogens with zero attached hydrogens (tertiary/aromatic N) is 1. The molecule has 48 heavy (non-hydrogen) atoms. The average Bonchev–Trinajstić information content (AvgIpc) is 3.58. The van der Waals surface area contributed by atoms with Crippen LogP contribution in [-0.2, 0) is 25.6 Å². The van der Waals surface area contributed by atoms with Gasteiger partial charge < -0.3 is 44.3 Å². The lowest BCUT2D eigenvalue weighted by atomic mass is 9.98. The molecule has 3 aliphatic heterocycles. The Balaban J connectivity index is 1.00. The molecule has 10 nitrogen and oxygen atoms in total. The topological polar surface area (TPSA) is 111 Å². The molecule has 3 N–H and O–H groups in total. The Morgan fingerprint density at radius 1 is 0.792 bits per heavy atom. The third kappa shape index (κ3) is 8.04. The van der Waals surface area contributed by atoms with Gasteiger partial charge in [-0.05, 0) is 59.7 Å². The van der Waals surface area contributed by atoms with E-state index in [4.69, 9.17) is 23.7 Å². The van der Waals surface area contributed by atoms with E-state index in [1.807, 2.05) is 91.0 Å². The number of rotatable bonds is 9. The van der Waals surface area contributed by atoms with Crippen molar-refractivity contribution in [2.45, 2.75) is 50.2 Å². The monoisotopic (exact) mass is 651 g/mol. The lowest BCUT2D eigenvalue weighted by Gasteiger charge is -2.41. The van der Waals surface area contributed by atoms with E-state index in [9.17, 15) is 9.90 Å². The van der Waals surface area contributed by atoms with Gasteiger partial charge in [0.2, 0.25) is 0 Å². The Bertz CT molecular complexity index is 1640. The van der Waals surface area contributed by atoms with E-state index in [1.54, 1.807) is 12.1 Å². The predicted molar refractivity (Wildman–Crippen MR) is 181 cm³/mol. The summed E-state index contributed by atoms with van der Waals surface area (Å²) >= 11 is 0. The Morgan fingerprint density at radius 3 is 2.23 bits per heavy atom. The highest BCUT2D eigenvalue weighted by atomic mass is 16.7. The third-order valence-electron chi connectivity index (χ3n) is 9.02. The predicted octanol–water partition coefficient (Wildman–Crippen LogP) is 7.00. The second kappa shape index (κ2) is 14.9. The summed E-state index contributed by atoms with van der Waals surface area (Å²) in [5.41, 5.74) is 3.94. The fourth-order valence-corrected chi connectivity index (χ4v) is 6.47. The van der Waals surface area contributed by atoms with E-state index < -0.39 is 12.1 Å². The lowest BCUT2D eigenvalue weighted by molar-refractivity contribution is -0.255. The molecule has 0 aliphatic carbocycles. The summed E-state index contributed by atoms with van der Waals surface area (Å²) in [5, 5.41) is 15.4. The van der Waals surface area contributed by atoms with Crippen LogP contribution in [0.3, 0.4) is 0 Å². The second-order valence-corrected chi connectivity index (χ2v) is 12.4. The zero-order chi connectivity index (χ0) is 32.8. The van der Waals surface area contributed by atoms with Crippen molar-refractivity contribution in [3.8, 4) is 11.5 Å². The van der Waals surface area contributed by atoms with Crippen LogP contribution in [0.25, 0.3) is 0 Å². The largest absolute Gasteiger partial charge is 0.457 e. The van der Waals surface area contributed by atoms with Gasteiger partial charge in [0.05, 0.1) is 32.0 Å². The first-order valence-corrected chi connectivity index (χ1v) is 16.5. The minimum absolute atomic E-state index is 0.00853. The number of aliphatic hydroxyl groups is 1. The van der Waals surface area contributed by atoms with Crippen molar-refractivity contribution in [1.82, 2.24) is 4.90 Å². The number of carbonyl (C=O) groups is 1. The number of piperidine rings is 1. The molecular formula is C38H41N3O7. The standard InChI is InChI=1S/C38H41N3O7/c42-26-27-9-11-28(12-10-27)35-24-34(25-41-19-17-38(18-20-41)44-21-22-45-38)47-36(48-35)29-5-4-6-31(23-29)40-37(43)39-30-13-15-33(16-14-30)46-32-7-2-1-3-8-32/h1-16,23,34-36,42H,17-22,24-26H2,(H2,39,40,43)/t34-,35+,36+/m0/s1. The fourth-order valence-electron chi connectivity index (χ4n) is 6.47. The van der Waals surface area contributed by atoms with Crippen LogP contribution in [0.2, 0.25) is 0 Å². The van der Waals surface area contributed by atoms with Crippen molar-refractivity contribution < 1.29 is 33.6 Å². The van der Waals surface area contributed by atoms with E-state index in [2.05, 4.69) is 15.5 Å². The number of amides is 2. The first-order chi connectivity index (χ1) is 23.5. The molecule has 3 atom stereocenters. The molecule has 0 radical (unpaired) electrons. The van der Waals surface area contributed by atoms with E-state index >= 15 is 0 Å². The number of carbonyl (C=O) groups excluding carboxylic acids is 1. The molecular weight excluding hydrogens is 610 g/mol. The number of hydrogen-bond acceptors (Lipinski definition) is 8. The van der Waals surface area contributed by atoms with Crippen LogP contribution in [0.1, 0.15) is 48.3 Å². The number of anilines is 2. The number of urea groups is 1. The summed E-state index contributed by atoms with van der Waals surface area (Å²) in [7, 11) is 0. The first-order valence-electron chi connectivity index (χ1n) is 16.5. The summed E-state index contributed by atoms with van der Waals surface area (Å²) in [5.74, 6) is 0.995. The van der Waals surface area contributed by atoms with Crippen LogP contribution in [0.4, 0.5) is 16.2 Å². The van der Waals surface area contributed by atoms with Crippen molar-refractivity contribution in [1.29, 1.82) is 0 Å². The van der Waals surface area contributed by atoms with E-state index in [1.165, 1.54) is 0 Å². The van der Waals surface area contributed by atoms with Crippen molar-refractivity contribution in [2.75, 3.05) is 43.5 Å². The zero-order valence-corrected chi connectivity index (χ0v) is 26.8. The van der Waals surface area contributed by atoms with Crippen LogP contribution in [0.15, 0.2) is 103 Å². The summed E-state index contributed by atoms with van der Waals surface area (Å²) in [6.45, 7) is 3.82. The molecule has 0 saturated carbocycles. The highest BCUT2D eigenvalue weighted by molar-refractivity contribution is 5.99. The summed E-state index contributed by atoms with van der Waals surface area (Å²) < 4.78 is 30.8. The van der Waals surface area contributed by atoms with Gasteiger partial charge in [-0.3, -0.25) is 0 Å². The van der Waals surface area contributed by atoms with Gasteiger partial charge in [0.1, 0.15) is 11.5 Å². The summed E-state index contributed by atoms with van der Waals surface area (Å²) in [6.07, 6.45) is 1.46. The third-order valence-corrected chi connectivity index (χ3v) is 9.02. The number of ether oxygens (including phenoxy) is 5. The molecule has 3 saturated heterocycles. The molecule has 0 unspecified atom stereocenters. The smallest absolute Gasteiger partial charge is 0.323 e. The van der Waals surface area contributed by atoms with Crippen molar-refractivity contribution in [3.63, 3.8) is 0 Å². The second-order valence-electron chi connectivity index (χ2n) is 12.4. The maximum absolute atomic E-state index is 12.9. The van der Waals surface area contributed by atoms with Crippen molar-refractivity contribution >= 4 is 17.4 Å². The SMILES string of the molecule is O=C(Nc1ccc(Oc2ccccc2)cc1)Nc1cccc([C@@H]2O[C@H](CN3CCC4(CC3)OCCO4)C[C@H](c3ccc(CO)cc3)O2)c1. The van der Waals surface area contributed by atoms with E-state index in [0.29, 0.717) is 36.8 Å². The number of para-hydroxylation sites is 1. The fraction of sp³-hybridized carbons (Fsp3) is 0.342. The summed E-state index contributed by atoms with van der Waals surface area (Å²) in [6, 6.07) is 31.8. The molecule has 4 aromatic carbocycles. The van der Waals surface area contributed by atoms with Gasteiger partial charge in [0.25, 0.3) is 0 Å². The molecule has 4 aromatic rings. The van der Waals surface area contributed by atoms with Gasteiger partial charge in [0, 0.05) is 55.8 Å². The molecule has 0 aromatic heterocycles. The number of benzene rings is 4. The zero-order valence-electron chi connectivity index (χ0n) is 26.8. The van der Waals surface area contributed by atoms with E-state index in [-0.39, 0.29) is 24.8 Å². The van der Waals surface area contributed by atoms with Gasteiger partial charge in [-0.25, -0.2) is 4.79 Å². The van der Waals surface area contributed by atoms with Gasteiger partial charge >= 0.3 is 6.03 Å². The number of hydrogen-bond donors (Lipinski definition) is 3. The number of aliphatic hydroxyl groups excluding tert-OH is 1. The van der Waals surface area contributed by atoms with Crippen LogP contribution in [-0.4, -0.2) is 60.8 Å². The van der Waals surface area contributed by atoms with Crippen LogP contribution in [0, 0.1) is 0 Å². The molecule has 3 aliphatic rings. The van der Waals surface area contributed by atoms with Crippen molar-refractivity contribution in [3.05, 3.63) is 120 Å². The van der Waals surface area contributed by atoms with Crippen LogP contribution < -0.4 is 15.4 Å². The van der Waals surface area contributed by atoms with Gasteiger partial charge in [-0.1, -0.05) is 54.6 Å². The van der Waals surface area contributed by atoms with Gasteiger partial charge in [0.15, 0.2) is 12.1 Å². The Kier molecular flexibility index (Phi) is 9.99. The average molecular weight is 652 g/mol. The molecule has 10 heteroatoms. The Morgan fingerprint density at radius 2 is 1.50 bits per heavy atom. The van der Waals surface area contributed by atoms with Gasteiger partial charge in [-0.2, -0.15) is 0 Å². The molecule has 7 rings (SSSR count). The van der Waals surface area contributed by atoms with Gasteiger partial charge in [-0.15, -0.1) is 0 Å². The normalized spacial score (nSPS) is 22.3. The quantitative estimate of drug-likeness (QED) is 0.178. The minimum atomic E-state index is -0.633.